The average Bonchev–Trinajstić information content (AvgIpc) is 3.58. The number of hydrogen-bond acceptors (Lipinski definition) is 7. The largest absolute Gasteiger partial charge is 0.433 e. The second-order valence-corrected chi connectivity index (χ2v) is 11.6. The SMILES string of the molecule is Cc1cc(Oc2c(F)cccc2F)ncc1-n1ncc(C(=O)c2cc3c4c(ccc3[nH]2)CCN(CC2CN(C)C2)C4)c1N. The number of H-pyrrole nitrogens is 1. The zero-order valence-corrected chi connectivity index (χ0v) is 23.9. The minimum absolute atomic E-state index is 0.00673. The number of benzene rings is 2. The first kappa shape index (κ1) is 27.2. The van der Waals surface area contributed by atoms with Gasteiger partial charge in [-0.2, -0.15) is 5.10 Å². The predicted molar refractivity (Wildman–Crippen MR) is 159 cm³/mol. The first-order valence-electron chi connectivity index (χ1n) is 14.3. The molecule has 0 bridgehead atoms. The van der Waals surface area contributed by atoms with Gasteiger partial charge in [-0.15, -0.1) is 0 Å². The van der Waals surface area contributed by atoms with Crippen LogP contribution in [0.2, 0.25) is 0 Å². The van der Waals surface area contributed by atoms with Crippen molar-refractivity contribution in [3.63, 3.8) is 0 Å². The summed E-state index contributed by atoms with van der Waals surface area (Å²) in [5.41, 5.74) is 11.8. The molecule has 1 saturated heterocycles. The molecular formula is C32H31F2N7O2. The molecule has 220 valence electrons. The third-order valence-electron chi connectivity index (χ3n) is 8.45. The van der Waals surface area contributed by atoms with Crippen LogP contribution in [0.1, 0.15) is 32.7 Å². The maximum Gasteiger partial charge on any atom is 0.219 e. The number of nitrogens with two attached hydrogens (primary N) is 1. The number of carbonyl (C=O) groups excluding carboxylic acids is 1. The van der Waals surface area contributed by atoms with Crippen molar-refractivity contribution in [3.8, 4) is 17.3 Å². The van der Waals surface area contributed by atoms with E-state index in [1.165, 1.54) is 40.3 Å². The van der Waals surface area contributed by atoms with Gasteiger partial charge in [0, 0.05) is 49.7 Å². The van der Waals surface area contributed by atoms with Crippen molar-refractivity contribution in [3.05, 3.63) is 94.4 Å². The Morgan fingerprint density at radius 3 is 2.67 bits per heavy atom. The summed E-state index contributed by atoms with van der Waals surface area (Å²) in [6.07, 6.45) is 3.87. The van der Waals surface area contributed by atoms with E-state index in [1.807, 2.05) is 12.1 Å². The lowest BCUT2D eigenvalue weighted by atomic mass is 9.94. The zero-order chi connectivity index (χ0) is 29.8. The van der Waals surface area contributed by atoms with Gasteiger partial charge in [0.25, 0.3) is 0 Å². The number of halogens is 2. The highest BCUT2D eigenvalue weighted by atomic mass is 19.1. The maximum absolute atomic E-state index is 14.0. The van der Waals surface area contributed by atoms with Gasteiger partial charge in [-0.05, 0) is 67.3 Å². The molecule has 3 N–H and O–H groups in total. The molecule has 11 heteroatoms. The number of aromatic amines is 1. The van der Waals surface area contributed by atoms with E-state index in [9.17, 15) is 13.6 Å². The lowest BCUT2D eigenvalue weighted by molar-refractivity contribution is 0.0857. The molecule has 0 amide bonds. The van der Waals surface area contributed by atoms with Crippen molar-refractivity contribution in [2.45, 2.75) is 19.9 Å². The van der Waals surface area contributed by atoms with Gasteiger partial charge < -0.3 is 20.4 Å². The van der Waals surface area contributed by atoms with Crippen molar-refractivity contribution in [2.24, 2.45) is 5.92 Å². The maximum atomic E-state index is 14.0. The molecule has 7 rings (SSSR count). The van der Waals surface area contributed by atoms with E-state index in [0.717, 1.165) is 62.2 Å². The second kappa shape index (κ2) is 10.6. The second-order valence-electron chi connectivity index (χ2n) is 11.6. The Hall–Kier alpha value is -4.61. The number of nitrogen functional groups attached to an aromatic ring is 1. The van der Waals surface area contributed by atoms with Gasteiger partial charge in [0.1, 0.15) is 5.82 Å². The normalized spacial score (nSPS) is 15.9. The van der Waals surface area contributed by atoms with Crippen LogP contribution in [0.4, 0.5) is 14.6 Å². The number of ether oxygens (including phenoxy) is 1. The van der Waals surface area contributed by atoms with Crippen molar-refractivity contribution >= 4 is 22.5 Å². The Bertz CT molecular complexity index is 1860. The Morgan fingerprint density at radius 1 is 1.14 bits per heavy atom. The number of nitrogens with zero attached hydrogens (tertiary/aromatic N) is 5. The number of likely N-dealkylation sites (tertiary alicyclic amines) is 1. The number of aryl methyl sites for hydroxylation is 1. The summed E-state index contributed by atoms with van der Waals surface area (Å²) >= 11 is 0. The molecule has 43 heavy (non-hydrogen) atoms. The summed E-state index contributed by atoms with van der Waals surface area (Å²) in [6, 6.07) is 11.1. The summed E-state index contributed by atoms with van der Waals surface area (Å²) < 4.78 is 34.8. The molecule has 5 heterocycles. The Kier molecular flexibility index (Phi) is 6.71. The van der Waals surface area contributed by atoms with E-state index in [-0.39, 0.29) is 23.0 Å². The fourth-order valence-corrected chi connectivity index (χ4v) is 6.25. The summed E-state index contributed by atoms with van der Waals surface area (Å²) in [5, 5.41) is 5.42. The van der Waals surface area contributed by atoms with Crippen LogP contribution in [0.3, 0.4) is 0 Å². The molecule has 2 aliphatic heterocycles. The quantitative estimate of drug-likeness (QED) is 0.264. The minimum atomic E-state index is -0.834. The van der Waals surface area contributed by atoms with Crippen LogP contribution >= 0.6 is 0 Å². The van der Waals surface area contributed by atoms with E-state index in [2.05, 4.69) is 38.0 Å². The number of ketones is 1. The monoisotopic (exact) mass is 583 g/mol. The predicted octanol–water partition coefficient (Wildman–Crippen LogP) is 4.86. The smallest absolute Gasteiger partial charge is 0.219 e. The van der Waals surface area contributed by atoms with E-state index < -0.39 is 17.4 Å². The zero-order valence-electron chi connectivity index (χ0n) is 23.9. The molecule has 0 spiro atoms. The first-order chi connectivity index (χ1) is 20.7. The summed E-state index contributed by atoms with van der Waals surface area (Å²) in [6.45, 7) is 7.06. The van der Waals surface area contributed by atoms with Gasteiger partial charge >= 0.3 is 0 Å². The van der Waals surface area contributed by atoms with Gasteiger partial charge in [-0.3, -0.25) is 9.69 Å². The molecule has 1 fully saturated rings. The molecule has 0 atom stereocenters. The lowest BCUT2D eigenvalue weighted by Gasteiger charge is -2.40. The number of anilines is 1. The number of aromatic nitrogens is 4. The molecule has 5 aromatic rings. The van der Waals surface area contributed by atoms with Gasteiger partial charge in [-0.25, -0.2) is 18.4 Å². The highest BCUT2D eigenvalue weighted by molar-refractivity contribution is 6.12. The van der Waals surface area contributed by atoms with Crippen LogP contribution in [0, 0.1) is 24.5 Å². The highest BCUT2D eigenvalue weighted by Crippen LogP contribution is 2.32. The lowest BCUT2D eigenvalue weighted by Crippen LogP contribution is -2.49. The number of rotatable bonds is 7. The molecule has 2 aliphatic rings. The standard InChI is InChI=1S/C32H31F2N7O2/c1-18-10-29(43-31-24(33)4-3-5-25(31)34)36-13-28(18)41-32(35)22(12-37-41)30(42)27-11-21-23-17-40(16-19-14-39(2)15-19)9-8-20(23)6-7-26(21)38-27/h3-7,10-13,19,38H,8-9,14-17,35H2,1-2H3. The summed E-state index contributed by atoms with van der Waals surface area (Å²) in [5.74, 6) is -1.59. The first-order valence-corrected chi connectivity index (χ1v) is 14.3. The number of fused-ring (bicyclic) bond motifs is 3. The number of carbonyl (C=O) groups is 1. The molecule has 0 radical (unpaired) electrons. The third kappa shape index (κ3) is 4.94. The van der Waals surface area contributed by atoms with E-state index in [4.69, 9.17) is 10.5 Å². The van der Waals surface area contributed by atoms with Crippen LogP contribution in [0.25, 0.3) is 16.6 Å². The van der Waals surface area contributed by atoms with Gasteiger partial charge in [0.15, 0.2) is 11.6 Å². The molecule has 0 aliphatic carbocycles. The summed E-state index contributed by atoms with van der Waals surface area (Å²) in [4.78, 5) is 26.0. The van der Waals surface area contributed by atoms with E-state index in [1.54, 1.807) is 6.92 Å². The van der Waals surface area contributed by atoms with Crippen LogP contribution in [0.5, 0.6) is 11.6 Å². The summed E-state index contributed by atoms with van der Waals surface area (Å²) in [7, 11) is 2.16. The molecule has 0 saturated carbocycles. The molecule has 3 aromatic heterocycles. The average molecular weight is 584 g/mol. The van der Waals surface area contributed by atoms with Crippen LogP contribution in [-0.2, 0) is 13.0 Å². The molecule has 2 aromatic carbocycles. The Labute approximate surface area is 246 Å². The highest BCUT2D eigenvalue weighted by Gasteiger charge is 2.28. The minimum Gasteiger partial charge on any atom is -0.433 e. The Morgan fingerprint density at radius 2 is 1.93 bits per heavy atom. The van der Waals surface area contributed by atoms with E-state index >= 15 is 0 Å². The molecule has 9 nitrogen and oxygen atoms in total. The van der Waals surface area contributed by atoms with Crippen LogP contribution in [0.15, 0.2) is 54.9 Å². The van der Waals surface area contributed by atoms with E-state index in [0.29, 0.717) is 22.9 Å². The third-order valence-corrected chi connectivity index (χ3v) is 8.45. The number of para-hydroxylation sites is 1. The fourth-order valence-electron chi connectivity index (χ4n) is 6.25. The molecule has 0 unspecified atom stereocenters. The van der Waals surface area contributed by atoms with Crippen LogP contribution < -0.4 is 10.5 Å². The number of hydrogen-bond donors (Lipinski definition) is 2. The van der Waals surface area contributed by atoms with Crippen molar-refractivity contribution in [2.75, 3.05) is 39.0 Å². The topological polar surface area (TPSA) is 105 Å². The van der Waals surface area contributed by atoms with Crippen molar-refractivity contribution in [1.82, 2.24) is 29.5 Å². The van der Waals surface area contributed by atoms with Gasteiger partial charge in [0.05, 0.1) is 29.3 Å². The van der Waals surface area contributed by atoms with Gasteiger partial charge in [0.2, 0.25) is 17.4 Å². The van der Waals surface area contributed by atoms with Crippen molar-refractivity contribution in [1.29, 1.82) is 0 Å². The van der Waals surface area contributed by atoms with Crippen LogP contribution in [-0.4, -0.2) is 68.6 Å². The molecular weight excluding hydrogens is 552 g/mol. The Balaban J connectivity index is 1.13. The number of pyridine rings is 1. The van der Waals surface area contributed by atoms with Gasteiger partial charge in [-0.1, -0.05) is 12.1 Å². The fraction of sp³-hybridized carbons (Fsp3) is 0.281. The van der Waals surface area contributed by atoms with Crippen molar-refractivity contribution < 1.29 is 18.3 Å². The number of nitrogens with one attached hydrogen (secondary N) is 1.